The van der Waals surface area contributed by atoms with Crippen molar-refractivity contribution in [2.24, 2.45) is 0 Å². The van der Waals surface area contributed by atoms with Gasteiger partial charge in [-0.3, -0.25) is 0 Å². The Hall–Kier alpha value is -1.34. The molecule has 1 aliphatic rings. The summed E-state index contributed by atoms with van der Waals surface area (Å²) in [6.45, 7) is 4.54. The van der Waals surface area contributed by atoms with Crippen LogP contribution in [-0.2, 0) is 6.42 Å². The SMILES string of the molecule is CCCCc1ccccc1C1=CC(C)c2c(Br)cccc21. The molecule has 3 rings (SSSR count). The van der Waals surface area contributed by atoms with E-state index < -0.39 is 0 Å². The van der Waals surface area contributed by atoms with Gasteiger partial charge in [0.15, 0.2) is 0 Å². The number of fused-ring (bicyclic) bond motifs is 1. The van der Waals surface area contributed by atoms with Crippen LogP contribution in [0.3, 0.4) is 0 Å². The van der Waals surface area contributed by atoms with Gasteiger partial charge < -0.3 is 0 Å². The maximum absolute atomic E-state index is 3.71. The first kappa shape index (κ1) is 14.6. The molecular weight excluding hydrogens is 320 g/mol. The topological polar surface area (TPSA) is 0 Å². The third-order valence-electron chi connectivity index (χ3n) is 4.32. The van der Waals surface area contributed by atoms with Crippen molar-refractivity contribution in [3.63, 3.8) is 0 Å². The van der Waals surface area contributed by atoms with Crippen molar-refractivity contribution in [2.75, 3.05) is 0 Å². The fourth-order valence-corrected chi connectivity index (χ4v) is 3.99. The minimum atomic E-state index is 0.477. The molecule has 1 heteroatoms. The number of aryl methyl sites for hydroxylation is 1. The highest BCUT2D eigenvalue weighted by Crippen LogP contribution is 2.43. The van der Waals surface area contributed by atoms with Crippen molar-refractivity contribution in [1.82, 2.24) is 0 Å². The van der Waals surface area contributed by atoms with Crippen molar-refractivity contribution in [2.45, 2.75) is 39.0 Å². The fraction of sp³-hybridized carbons (Fsp3) is 0.300. The summed E-state index contributed by atoms with van der Waals surface area (Å²) in [6, 6.07) is 15.4. The van der Waals surface area contributed by atoms with E-state index in [1.54, 1.807) is 0 Å². The van der Waals surface area contributed by atoms with Crippen molar-refractivity contribution in [3.8, 4) is 0 Å². The normalized spacial score (nSPS) is 16.7. The average molecular weight is 341 g/mol. The van der Waals surface area contributed by atoms with Gasteiger partial charge in [0.25, 0.3) is 0 Å². The zero-order chi connectivity index (χ0) is 14.8. The predicted molar refractivity (Wildman–Crippen MR) is 94.7 cm³/mol. The Kier molecular flexibility index (Phi) is 4.30. The first-order valence-corrected chi connectivity index (χ1v) is 8.60. The molecule has 0 amide bonds. The summed E-state index contributed by atoms with van der Waals surface area (Å²) >= 11 is 3.71. The van der Waals surface area contributed by atoms with Gasteiger partial charge in [0.05, 0.1) is 0 Å². The molecule has 21 heavy (non-hydrogen) atoms. The Morgan fingerprint density at radius 1 is 1.00 bits per heavy atom. The number of rotatable bonds is 4. The van der Waals surface area contributed by atoms with E-state index in [2.05, 4.69) is 78.3 Å². The van der Waals surface area contributed by atoms with Crippen molar-refractivity contribution in [1.29, 1.82) is 0 Å². The number of benzene rings is 2. The van der Waals surface area contributed by atoms with Crippen LogP contribution in [0.25, 0.3) is 5.57 Å². The van der Waals surface area contributed by atoms with Gasteiger partial charge in [-0.05, 0) is 46.7 Å². The Morgan fingerprint density at radius 3 is 2.57 bits per heavy atom. The minimum absolute atomic E-state index is 0.477. The van der Waals surface area contributed by atoms with Gasteiger partial charge >= 0.3 is 0 Å². The number of allylic oxidation sites excluding steroid dienone is 1. The van der Waals surface area contributed by atoms with Crippen molar-refractivity contribution in [3.05, 3.63) is 75.3 Å². The molecule has 2 aromatic carbocycles. The molecule has 1 aliphatic carbocycles. The number of hydrogen-bond donors (Lipinski definition) is 0. The highest BCUT2D eigenvalue weighted by Gasteiger charge is 2.24. The predicted octanol–water partition coefficient (Wildman–Crippen LogP) is 6.34. The molecule has 0 fully saturated rings. The van der Waals surface area contributed by atoms with E-state index in [1.807, 2.05) is 0 Å². The summed E-state index contributed by atoms with van der Waals surface area (Å²) < 4.78 is 1.23. The van der Waals surface area contributed by atoms with Crippen molar-refractivity contribution >= 4 is 21.5 Å². The van der Waals surface area contributed by atoms with E-state index >= 15 is 0 Å². The largest absolute Gasteiger partial charge is 0.0687 e. The summed E-state index contributed by atoms with van der Waals surface area (Å²) in [5.74, 6) is 0.477. The van der Waals surface area contributed by atoms with Crippen LogP contribution in [0.5, 0.6) is 0 Å². The maximum atomic E-state index is 3.71. The van der Waals surface area contributed by atoms with Crippen molar-refractivity contribution < 1.29 is 0 Å². The Balaban J connectivity index is 2.08. The molecule has 0 saturated carbocycles. The lowest BCUT2D eigenvalue weighted by molar-refractivity contribution is 0.794. The molecule has 0 heterocycles. The molecule has 0 nitrogen and oxygen atoms in total. The lowest BCUT2D eigenvalue weighted by atomic mass is 9.93. The standard InChI is InChI=1S/C20H21Br/c1-3-4-8-15-9-5-6-10-16(15)18-13-14(2)20-17(18)11-7-12-19(20)21/h5-7,9-14H,3-4,8H2,1-2H3. The molecule has 1 atom stereocenters. The van der Waals surface area contributed by atoms with E-state index in [4.69, 9.17) is 0 Å². The van der Waals surface area contributed by atoms with Gasteiger partial charge in [-0.25, -0.2) is 0 Å². The Labute approximate surface area is 136 Å². The molecule has 1 unspecified atom stereocenters. The zero-order valence-electron chi connectivity index (χ0n) is 12.7. The van der Waals surface area contributed by atoms with Crippen LogP contribution >= 0.6 is 15.9 Å². The molecule has 2 aromatic rings. The second-order valence-electron chi connectivity index (χ2n) is 5.83. The Morgan fingerprint density at radius 2 is 1.76 bits per heavy atom. The number of halogens is 1. The summed E-state index contributed by atoms with van der Waals surface area (Å²) in [5, 5.41) is 0. The second-order valence-corrected chi connectivity index (χ2v) is 6.69. The highest BCUT2D eigenvalue weighted by atomic mass is 79.9. The molecule has 108 valence electrons. The molecule has 0 saturated heterocycles. The number of unbranched alkanes of at least 4 members (excludes halogenated alkanes) is 1. The summed E-state index contributed by atoms with van der Waals surface area (Å²) in [7, 11) is 0. The van der Waals surface area contributed by atoms with Gasteiger partial charge in [-0.2, -0.15) is 0 Å². The fourth-order valence-electron chi connectivity index (χ4n) is 3.26. The molecule has 0 spiro atoms. The number of hydrogen-bond acceptors (Lipinski definition) is 0. The summed E-state index contributed by atoms with van der Waals surface area (Å²) in [6.07, 6.45) is 6.08. The van der Waals surface area contributed by atoms with Gasteiger partial charge in [-0.15, -0.1) is 0 Å². The first-order chi connectivity index (χ1) is 10.2. The van der Waals surface area contributed by atoms with Gasteiger partial charge in [-0.1, -0.05) is 78.7 Å². The Bertz CT molecular complexity index is 682. The van der Waals surface area contributed by atoms with Crippen LogP contribution in [0, 0.1) is 0 Å². The third-order valence-corrected chi connectivity index (χ3v) is 5.01. The maximum Gasteiger partial charge on any atom is 0.0219 e. The van der Waals surface area contributed by atoms with E-state index in [1.165, 1.54) is 51.6 Å². The van der Waals surface area contributed by atoms with E-state index in [9.17, 15) is 0 Å². The van der Waals surface area contributed by atoms with Crippen LogP contribution in [0.2, 0.25) is 0 Å². The van der Waals surface area contributed by atoms with Gasteiger partial charge in [0, 0.05) is 10.4 Å². The smallest absolute Gasteiger partial charge is 0.0219 e. The van der Waals surface area contributed by atoms with E-state index in [-0.39, 0.29) is 0 Å². The third kappa shape index (κ3) is 2.72. The zero-order valence-corrected chi connectivity index (χ0v) is 14.3. The minimum Gasteiger partial charge on any atom is -0.0687 e. The second kappa shape index (κ2) is 6.19. The molecule has 0 aliphatic heterocycles. The average Bonchev–Trinajstić information content (AvgIpc) is 2.84. The van der Waals surface area contributed by atoms with Crippen LogP contribution in [-0.4, -0.2) is 0 Å². The van der Waals surface area contributed by atoms with E-state index in [0.717, 1.165) is 0 Å². The monoisotopic (exact) mass is 340 g/mol. The van der Waals surface area contributed by atoms with Crippen LogP contribution in [0.15, 0.2) is 53.0 Å². The molecular formula is C20H21Br. The summed E-state index contributed by atoms with van der Waals surface area (Å²) in [4.78, 5) is 0. The lowest BCUT2D eigenvalue weighted by Gasteiger charge is -2.12. The van der Waals surface area contributed by atoms with Crippen LogP contribution < -0.4 is 0 Å². The summed E-state index contributed by atoms with van der Waals surface area (Å²) in [5.41, 5.74) is 7.12. The van der Waals surface area contributed by atoms with Crippen LogP contribution in [0.4, 0.5) is 0 Å². The first-order valence-electron chi connectivity index (χ1n) is 7.81. The molecule has 0 N–H and O–H groups in total. The molecule has 0 radical (unpaired) electrons. The van der Waals surface area contributed by atoms with Crippen LogP contribution in [0.1, 0.15) is 54.9 Å². The lowest BCUT2D eigenvalue weighted by Crippen LogP contribution is -1.95. The van der Waals surface area contributed by atoms with E-state index in [0.29, 0.717) is 5.92 Å². The van der Waals surface area contributed by atoms with Gasteiger partial charge in [0.2, 0.25) is 0 Å². The quantitative estimate of drug-likeness (QED) is 0.609. The molecule has 0 aromatic heterocycles. The van der Waals surface area contributed by atoms with Gasteiger partial charge in [0.1, 0.15) is 0 Å². The highest BCUT2D eigenvalue weighted by molar-refractivity contribution is 9.10. The molecule has 0 bridgehead atoms.